The summed E-state index contributed by atoms with van der Waals surface area (Å²) >= 11 is 0. The number of ketones is 1. The molecule has 2 aliphatic rings. The van der Waals surface area contributed by atoms with E-state index in [0.717, 1.165) is 32.2 Å². The summed E-state index contributed by atoms with van der Waals surface area (Å²) in [4.78, 5) is 16.3. The topological polar surface area (TPSA) is 32.8 Å². The molecule has 0 unspecified atom stereocenters. The van der Waals surface area contributed by atoms with E-state index < -0.39 is 0 Å². The predicted molar refractivity (Wildman–Crippen MR) is 67.2 cm³/mol. The lowest BCUT2D eigenvalue weighted by atomic mass is 10.2. The van der Waals surface area contributed by atoms with Gasteiger partial charge in [0.1, 0.15) is 6.61 Å². The number of ether oxygens (including phenoxy) is 1. The second-order valence-electron chi connectivity index (χ2n) is 5.22. The molecule has 2 rings (SSSR count). The molecule has 2 fully saturated rings. The van der Waals surface area contributed by atoms with Gasteiger partial charge in [0.25, 0.3) is 0 Å². The highest BCUT2D eigenvalue weighted by molar-refractivity contribution is 5.81. The van der Waals surface area contributed by atoms with Crippen molar-refractivity contribution in [1.82, 2.24) is 9.80 Å². The highest BCUT2D eigenvalue weighted by atomic mass is 16.5. The van der Waals surface area contributed by atoms with E-state index in [0.29, 0.717) is 6.54 Å². The number of hydrogen-bond donors (Lipinski definition) is 0. The van der Waals surface area contributed by atoms with E-state index in [4.69, 9.17) is 4.74 Å². The molecule has 1 saturated carbocycles. The number of Topliss-reactive ketones (excluding diaryl/α,β-unsaturated/α-hetero) is 1. The minimum absolute atomic E-state index is 0.196. The van der Waals surface area contributed by atoms with Gasteiger partial charge in [0.15, 0.2) is 5.78 Å². The quantitative estimate of drug-likeness (QED) is 0.710. The monoisotopic (exact) mass is 240 g/mol. The molecule has 0 spiro atoms. The molecule has 0 aromatic heterocycles. The van der Waals surface area contributed by atoms with Crippen molar-refractivity contribution in [2.24, 2.45) is 0 Å². The molecule has 0 atom stereocenters. The van der Waals surface area contributed by atoms with Crippen molar-refractivity contribution in [1.29, 1.82) is 0 Å². The Balaban J connectivity index is 1.68. The average molecular weight is 240 g/mol. The fourth-order valence-corrected chi connectivity index (χ4v) is 3.01. The third-order valence-corrected chi connectivity index (χ3v) is 3.95. The molecule has 4 nitrogen and oxygen atoms in total. The average Bonchev–Trinajstić information content (AvgIpc) is 2.84. The molecule has 98 valence electrons. The zero-order chi connectivity index (χ0) is 12.1. The Labute approximate surface area is 104 Å². The van der Waals surface area contributed by atoms with Crippen LogP contribution < -0.4 is 0 Å². The van der Waals surface area contributed by atoms with E-state index in [1.807, 2.05) is 0 Å². The summed E-state index contributed by atoms with van der Waals surface area (Å²) in [5, 5.41) is 0. The second kappa shape index (κ2) is 6.47. The molecular formula is C13H24N2O2. The van der Waals surface area contributed by atoms with E-state index in [2.05, 4.69) is 9.80 Å². The molecule has 0 N–H and O–H groups in total. The number of piperazine rings is 1. The van der Waals surface area contributed by atoms with Crippen LogP contribution in [0, 0.1) is 0 Å². The molecule has 0 bridgehead atoms. The summed E-state index contributed by atoms with van der Waals surface area (Å²) in [5.74, 6) is 0.196. The zero-order valence-electron chi connectivity index (χ0n) is 10.9. The molecule has 0 radical (unpaired) electrons. The number of carbonyl (C=O) groups excluding carboxylic acids is 1. The van der Waals surface area contributed by atoms with Gasteiger partial charge in [0.2, 0.25) is 0 Å². The standard InChI is InChI=1S/C13H24N2O2/c1-17-11-13(16)10-14-6-8-15(9-7-14)12-4-2-3-5-12/h12H,2-11H2,1H3. The van der Waals surface area contributed by atoms with Crippen LogP contribution in [0.3, 0.4) is 0 Å². The van der Waals surface area contributed by atoms with Gasteiger partial charge >= 0.3 is 0 Å². The number of hydrogen-bond acceptors (Lipinski definition) is 4. The van der Waals surface area contributed by atoms with Gasteiger partial charge in [-0.1, -0.05) is 12.8 Å². The molecule has 17 heavy (non-hydrogen) atoms. The van der Waals surface area contributed by atoms with Crippen molar-refractivity contribution in [3.05, 3.63) is 0 Å². The van der Waals surface area contributed by atoms with Crippen molar-refractivity contribution < 1.29 is 9.53 Å². The summed E-state index contributed by atoms with van der Waals surface area (Å²) in [7, 11) is 1.58. The summed E-state index contributed by atoms with van der Waals surface area (Å²) in [6, 6.07) is 0.826. The molecule has 1 aliphatic heterocycles. The Morgan fingerprint density at radius 2 is 1.82 bits per heavy atom. The first-order valence-electron chi connectivity index (χ1n) is 6.76. The number of carbonyl (C=O) groups is 1. The molecule has 4 heteroatoms. The Kier molecular flexibility index (Phi) is 4.95. The first-order chi connectivity index (χ1) is 8.29. The van der Waals surface area contributed by atoms with Crippen molar-refractivity contribution >= 4 is 5.78 Å². The van der Waals surface area contributed by atoms with Crippen LogP contribution in [-0.4, -0.2) is 68.1 Å². The van der Waals surface area contributed by atoms with Gasteiger partial charge in [-0.05, 0) is 12.8 Å². The van der Waals surface area contributed by atoms with Gasteiger partial charge in [-0.2, -0.15) is 0 Å². The normalized spacial score (nSPS) is 24.3. The maximum absolute atomic E-state index is 11.5. The SMILES string of the molecule is COCC(=O)CN1CCN(C2CCCC2)CC1. The number of nitrogens with zero attached hydrogens (tertiary/aromatic N) is 2. The smallest absolute Gasteiger partial charge is 0.172 e. The Hall–Kier alpha value is -0.450. The van der Waals surface area contributed by atoms with E-state index >= 15 is 0 Å². The van der Waals surface area contributed by atoms with Crippen LogP contribution in [0.2, 0.25) is 0 Å². The fraction of sp³-hybridized carbons (Fsp3) is 0.923. The molecule has 0 aromatic carbocycles. The van der Waals surface area contributed by atoms with Crippen molar-refractivity contribution in [2.75, 3.05) is 46.4 Å². The largest absolute Gasteiger partial charge is 0.377 e. The van der Waals surface area contributed by atoms with Crippen LogP contribution in [0.15, 0.2) is 0 Å². The minimum Gasteiger partial charge on any atom is -0.377 e. The third kappa shape index (κ3) is 3.76. The van der Waals surface area contributed by atoms with Crippen molar-refractivity contribution in [3.8, 4) is 0 Å². The molecular weight excluding hydrogens is 216 g/mol. The van der Waals surface area contributed by atoms with E-state index in [1.165, 1.54) is 25.7 Å². The van der Waals surface area contributed by atoms with Crippen LogP contribution in [-0.2, 0) is 9.53 Å². The van der Waals surface area contributed by atoms with Gasteiger partial charge < -0.3 is 4.74 Å². The van der Waals surface area contributed by atoms with Crippen LogP contribution in [0.25, 0.3) is 0 Å². The molecule has 0 aromatic rings. The molecule has 1 heterocycles. The molecule has 1 aliphatic carbocycles. The van der Waals surface area contributed by atoms with Gasteiger partial charge in [0, 0.05) is 39.3 Å². The van der Waals surface area contributed by atoms with E-state index in [9.17, 15) is 4.79 Å². The predicted octanol–water partition coefficient (Wildman–Crippen LogP) is 0.762. The summed E-state index contributed by atoms with van der Waals surface area (Å²) in [5.41, 5.74) is 0. The highest BCUT2D eigenvalue weighted by Gasteiger charge is 2.26. The maximum Gasteiger partial charge on any atom is 0.172 e. The lowest BCUT2D eigenvalue weighted by Crippen LogP contribution is -2.51. The third-order valence-electron chi connectivity index (χ3n) is 3.95. The van der Waals surface area contributed by atoms with Crippen molar-refractivity contribution in [2.45, 2.75) is 31.7 Å². The first-order valence-corrected chi connectivity index (χ1v) is 6.76. The minimum atomic E-state index is 0.196. The van der Waals surface area contributed by atoms with Gasteiger partial charge in [-0.15, -0.1) is 0 Å². The first kappa shape index (κ1) is 13.0. The Morgan fingerprint density at radius 1 is 1.18 bits per heavy atom. The lowest BCUT2D eigenvalue weighted by Gasteiger charge is -2.37. The Morgan fingerprint density at radius 3 is 2.41 bits per heavy atom. The van der Waals surface area contributed by atoms with Gasteiger partial charge in [-0.25, -0.2) is 0 Å². The molecule has 1 saturated heterocycles. The summed E-state index contributed by atoms with van der Waals surface area (Å²) < 4.78 is 4.86. The summed E-state index contributed by atoms with van der Waals surface area (Å²) in [6.45, 7) is 5.14. The number of rotatable bonds is 5. The maximum atomic E-state index is 11.5. The summed E-state index contributed by atoms with van der Waals surface area (Å²) in [6.07, 6.45) is 5.56. The number of methoxy groups -OCH3 is 1. The van der Waals surface area contributed by atoms with E-state index in [1.54, 1.807) is 7.11 Å². The molecule has 0 amide bonds. The lowest BCUT2D eigenvalue weighted by molar-refractivity contribution is -0.124. The second-order valence-corrected chi connectivity index (χ2v) is 5.22. The van der Waals surface area contributed by atoms with Crippen LogP contribution in [0.4, 0.5) is 0 Å². The van der Waals surface area contributed by atoms with Crippen molar-refractivity contribution in [3.63, 3.8) is 0 Å². The van der Waals surface area contributed by atoms with Gasteiger partial charge in [0.05, 0.1) is 6.54 Å². The highest BCUT2D eigenvalue weighted by Crippen LogP contribution is 2.24. The Bertz CT molecular complexity index is 244. The van der Waals surface area contributed by atoms with Crippen LogP contribution >= 0.6 is 0 Å². The van der Waals surface area contributed by atoms with Crippen LogP contribution in [0.1, 0.15) is 25.7 Å². The van der Waals surface area contributed by atoms with Gasteiger partial charge in [-0.3, -0.25) is 14.6 Å². The zero-order valence-corrected chi connectivity index (χ0v) is 10.9. The fourth-order valence-electron chi connectivity index (χ4n) is 3.01. The van der Waals surface area contributed by atoms with Crippen LogP contribution in [0.5, 0.6) is 0 Å². The van der Waals surface area contributed by atoms with E-state index in [-0.39, 0.29) is 12.4 Å².